The Morgan fingerprint density at radius 1 is 1.35 bits per heavy atom. The Hall–Kier alpha value is -1.06. The molecule has 0 aromatic carbocycles. The lowest BCUT2D eigenvalue weighted by molar-refractivity contribution is -0.146. The van der Waals surface area contributed by atoms with Crippen LogP contribution in [0.3, 0.4) is 0 Å². The van der Waals surface area contributed by atoms with Crippen LogP contribution in [0.15, 0.2) is 0 Å². The van der Waals surface area contributed by atoms with Crippen molar-refractivity contribution in [1.82, 2.24) is 5.32 Å². The summed E-state index contributed by atoms with van der Waals surface area (Å²) in [5.41, 5.74) is 0. The van der Waals surface area contributed by atoms with Crippen molar-refractivity contribution < 1.29 is 14.7 Å². The zero-order valence-electron chi connectivity index (χ0n) is 10.9. The first kappa shape index (κ1) is 14.0. The molecule has 1 amide bonds. The average Bonchev–Trinajstić information content (AvgIpc) is 2.60. The van der Waals surface area contributed by atoms with Gasteiger partial charge in [-0.2, -0.15) is 0 Å². The molecular weight excluding hydrogens is 218 g/mol. The van der Waals surface area contributed by atoms with E-state index in [0.717, 1.165) is 12.8 Å². The summed E-state index contributed by atoms with van der Waals surface area (Å²) in [4.78, 5) is 23.1. The smallest absolute Gasteiger partial charge is 0.307 e. The Balaban J connectivity index is 2.58. The van der Waals surface area contributed by atoms with E-state index in [1.807, 2.05) is 13.8 Å². The number of nitrogens with one attached hydrogen (secondary N) is 1. The van der Waals surface area contributed by atoms with E-state index >= 15 is 0 Å². The van der Waals surface area contributed by atoms with E-state index in [1.54, 1.807) is 0 Å². The van der Waals surface area contributed by atoms with Crippen molar-refractivity contribution in [3.63, 3.8) is 0 Å². The SMILES string of the molecule is CCCC(C)NC(=O)[C@H]1CC(C)C[C@H]1C(=O)O. The van der Waals surface area contributed by atoms with E-state index in [9.17, 15) is 9.59 Å². The number of carbonyl (C=O) groups excluding carboxylic acids is 1. The molecule has 1 saturated carbocycles. The van der Waals surface area contributed by atoms with E-state index in [2.05, 4.69) is 12.2 Å². The number of rotatable bonds is 5. The predicted octanol–water partition coefficient (Wildman–Crippen LogP) is 2.04. The van der Waals surface area contributed by atoms with E-state index in [1.165, 1.54) is 0 Å². The number of carbonyl (C=O) groups is 2. The molecule has 0 aliphatic heterocycles. The number of aliphatic carboxylic acids is 1. The number of hydrogen-bond acceptors (Lipinski definition) is 2. The van der Waals surface area contributed by atoms with Crippen LogP contribution in [0.25, 0.3) is 0 Å². The molecule has 1 fully saturated rings. The van der Waals surface area contributed by atoms with Crippen LogP contribution in [0.4, 0.5) is 0 Å². The third-order valence-electron chi connectivity index (χ3n) is 3.56. The van der Waals surface area contributed by atoms with Gasteiger partial charge in [0.1, 0.15) is 0 Å². The molecule has 4 heteroatoms. The van der Waals surface area contributed by atoms with Gasteiger partial charge in [0.25, 0.3) is 0 Å². The first-order valence-electron chi connectivity index (χ1n) is 6.48. The van der Waals surface area contributed by atoms with Crippen LogP contribution in [-0.4, -0.2) is 23.0 Å². The van der Waals surface area contributed by atoms with E-state index in [-0.39, 0.29) is 17.9 Å². The molecule has 4 nitrogen and oxygen atoms in total. The summed E-state index contributed by atoms with van der Waals surface area (Å²) in [6.45, 7) is 6.05. The van der Waals surface area contributed by atoms with Gasteiger partial charge in [-0.15, -0.1) is 0 Å². The van der Waals surface area contributed by atoms with Crippen molar-refractivity contribution in [3.05, 3.63) is 0 Å². The number of hydrogen-bond donors (Lipinski definition) is 2. The van der Waals surface area contributed by atoms with Gasteiger partial charge in [0, 0.05) is 6.04 Å². The molecule has 0 radical (unpaired) electrons. The number of carboxylic acids is 1. The van der Waals surface area contributed by atoms with Gasteiger partial charge in [-0.25, -0.2) is 0 Å². The van der Waals surface area contributed by atoms with Crippen LogP contribution in [0.1, 0.15) is 46.5 Å². The van der Waals surface area contributed by atoms with Gasteiger partial charge < -0.3 is 10.4 Å². The van der Waals surface area contributed by atoms with E-state index in [0.29, 0.717) is 18.8 Å². The quantitative estimate of drug-likeness (QED) is 0.774. The highest BCUT2D eigenvalue weighted by Crippen LogP contribution is 2.36. The Kier molecular flexibility index (Phi) is 4.97. The van der Waals surface area contributed by atoms with Crippen molar-refractivity contribution in [2.75, 3.05) is 0 Å². The van der Waals surface area contributed by atoms with Gasteiger partial charge in [0.2, 0.25) is 5.91 Å². The van der Waals surface area contributed by atoms with Gasteiger partial charge >= 0.3 is 5.97 Å². The zero-order valence-corrected chi connectivity index (χ0v) is 10.9. The van der Waals surface area contributed by atoms with Crippen LogP contribution in [0.5, 0.6) is 0 Å². The fourth-order valence-electron chi connectivity index (χ4n) is 2.71. The second-order valence-electron chi connectivity index (χ2n) is 5.33. The van der Waals surface area contributed by atoms with Crippen LogP contribution in [0, 0.1) is 17.8 Å². The molecule has 0 aromatic heterocycles. The topological polar surface area (TPSA) is 66.4 Å². The van der Waals surface area contributed by atoms with E-state index in [4.69, 9.17) is 5.11 Å². The predicted molar refractivity (Wildman–Crippen MR) is 65.5 cm³/mol. The summed E-state index contributed by atoms with van der Waals surface area (Å²) in [5.74, 6) is -1.44. The normalized spacial score (nSPS) is 29.9. The van der Waals surface area contributed by atoms with Crippen LogP contribution < -0.4 is 5.32 Å². The molecule has 2 unspecified atom stereocenters. The van der Waals surface area contributed by atoms with Gasteiger partial charge in [-0.05, 0) is 32.1 Å². The molecule has 0 bridgehead atoms. The highest BCUT2D eigenvalue weighted by molar-refractivity contribution is 5.85. The Morgan fingerprint density at radius 2 is 1.94 bits per heavy atom. The molecular formula is C13H23NO3. The highest BCUT2D eigenvalue weighted by atomic mass is 16.4. The first-order chi connectivity index (χ1) is 7.95. The van der Waals surface area contributed by atoms with Crippen molar-refractivity contribution in [1.29, 1.82) is 0 Å². The summed E-state index contributed by atoms with van der Waals surface area (Å²) < 4.78 is 0. The lowest BCUT2D eigenvalue weighted by Crippen LogP contribution is -2.40. The molecule has 2 N–H and O–H groups in total. The first-order valence-corrected chi connectivity index (χ1v) is 6.48. The number of amides is 1. The minimum absolute atomic E-state index is 0.0808. The minimum atomic E-state index is -0.836. The standard InChI is InChI=1S/C13H23NO3/c1-4-5-9(3)14-12(15)10-6-8(2)7-11(10)13(16)17/h8-11H,4-7H2,1-3H3,(H,14,15)(H,16,17)/t8?,9?,10-,11+/m0/s1. The summed E-state index contributed by atoms with van der Waals surface area (Å²) in [7, 11) is 0. The molecule has 0 saturated heterocycles. The maximum atomic E-state index is 12.0. The molecule has 0 heterocycles. The lowest BCUT2D eigenvalue weighted by Gasteiger charge is -2.19. The van der Waals surface area contributed by atoms with Crippen molar-refractivity contribution in [2.24, 2.45) is 17.8 Å². The number of carboxylic acid groups (broad SMARTS) is 1. The van der Waals surface area contributed by atoms with E-state index < -0.39 is 11.9 Å². The van der Waals surface area contributed by atoms with Crippen molar-refractivity contribution in [2.45, 2.75) is 52.5 Å². The van der Waals surface area contributed by atoms with Crippen LogP contribution >= 0.6 is 0 Å². The van der Waals surface area contributed by atoms with Gasteiger partial charge in [0.05, 0.1) is 11.8 Å². The third-order valence-corrected chi connectivity index (χ3v) is 3.56. The fourth-order valence-corrected chi connectivity index (χ4v) is 2.71. The van der Waals surface area contributed by atoms with Crippen LogP contribution in [-0.2, 0) is 9.59 Å². The fraction of sp³-hybridized carbons (Fsp3) is 0.846. The third kappa shape index (κ3) is 3.72. The molecule has 1 aliphatic rings. The second-order valence-corrected chi connectivity index (χ2v) is 5.33. The molecule has 1 aliphatic carbocycles. The largest absolute Gasteiger partial charge is 0.481 e. The molecule has 1 rings (SSSR count). The highest BCUT2D eigenvalue weighted by Gasteiger charge is 2.41. The summed E-state index contributed by atoms with van der Waals surface area (Å²) in [6, 6.07) is 0.137. The lowest BCUT2D eigenvalue weighted by atomic mass is 9.95. The van der Waals surface area contributed by atoms with Crippen molar-refractivity contribution in [3.8, 4) is 0 Å². The van der Waals surface area contributed by atoms with Crippen LogP contribution in [0.2, 0.25) is 0 Å². The summed E-state index contributed by atoms with van der Waals surface area (Å²) >= 11 is 0. The summed E-state index contributed by atoms with van der Waals surface area (Å²) in [5, 5.41) is 12.0. The zero-order chi connectivity index (χ0) is 13.0. The van der Waals surface area contributed by atoms with Gasteiger partial charge in [0.15, 0.2) is 0 Å². The van der Waals surface area contributed by atoms with Crippen molar-refractivity contribution >= 4 is 11.9 Å². The monoisotopic (exact) mass is 241 g/mol. The van der Waals surface area contributed by atoms with Gasteiger partial charge in [-0.3, -0.25) is 9.59 Å². The Bertz CT molecular complexity index is 290. The molecule has 0 spiro atoms. The molecule has 0 aromatic rings. The van der Waals surface area contributed by atoms with Gasteiger partial charge in [-0.1, -0.05) is 20.3 Å². The second kappa shape index (κ2) is 6.03. The Morgan fingerprint density at radius 3 is 2.47 bits per heavy atom. The molecule has 4 atom stereocenters. The Labute approximate surface area is 103 Å². The minimum Gasteiger partial charge on any atom is -0.481 e. The maximum Gasteiger partial charge on any atom is 0.307 e. The average molecular weight is 241 g/mol. The summed E-state index contributed by atoms with van der Waals surface area (Å²) in [6.07, 6.45) is 3.27. The molecule has 98 valence electrons. The maximum absolute atomic E-state index is 12.0. The molecule has 17 heavy (non-hydrogen) atoms.